The Morgan fingerprint density at radius 3 is 2.89 bits per heavy atom. The van der Waals surface area contributed by atoms with Gasteiger partial charge in [-0.3, -0.25) is 0 Å². The van der Waals surface area contributed by atoms with E-state index < -0.39 is 5.97 Å². The van der Waals surface area contributed by atoms with E-state index in [2.05, 4.69) is 15.2 Å². The van der Waals surface area contributed by atoms with Crippen molar-refractivity contribution >= 4 is 11.8 Å². The molecule has 0 radical (unpaired) electrons. The summed E-state index contributed by atoms with van der Waals surface area (Å²) in [4.78, 5) is 17.6. The molecule has 0 saturated carbocycles. The van der Waals surface area contributed by atoms with Gasteiger partial charge in [-0.25, -0.2) is 9.78 Å². The summed E-state index contributed by atoms with van der Waals surface area (Å²) in [7, 11) is 0. The third kappa shape index (κ3) is 4.21. The monoisotopic (exact) mass is 263 g/mol. The van der Waals surface area contributed by atoms with Crippen LogP contribution >= 0.6 is 0 Å². The summed E-state index contributed by atoms with van der Waals surface area (Å²) in [5.74, 6) is -0.469. The van der Waals surface area contributed by atoms with Crippen LogP contribution in [-0.4, -0.2) is 47.1 Å². The van der Waals surface area contributed by atoms with Gasteiger partial charge in [-0.15, -0.1) is 0 Å². The molecule has 19 heavy (non-hydrogen) atoms. The van der Waals surface area contributed by atoms with E-state index in [1.54, 1.807) is 18.3 Å². The summed E-state index contributed by atoms with van der Waals surface area (Å²) in [5, 5.41) is 12.1. The van der Waals surface area contributed by atoms with Gasteiger partial charge in [0.15, 0.2) is 0 Å². The quantitative estimate of drug-likeness (QED) is 0.737. The van der Waals surface area contributed by atoms with Crippen LogP contribution in [0.2, 0.25) is 0 Å². The number of rotatable bonds is 7. The van der Waals surface area contributed by atoms with E-state index in [0.29, 0.717) is 5.82 Å². The summed E-state index contributed by atoms with van der Waals surface area (Å²) in [6, 6.07) is 3.21. The molecule has 1 aliphatic heterocycles. The van der Waals surface area contributed by atoms with E-state index in [1.807, 2.05) is 0 Å². The first-order chi connectivity index (χ1) is 9.27. The van der Waals surface area contributed by atoms with Gasteiger partial charge in [0.1, 0.15) is 11.4 Å². The van der Waals surface area contributed by atoms with Gasteiger partial charge in [0.25, 0.3) is 0 Å². The van der Waals surface area contributed by atoms with Crippen molar-refractivity contribution in [1.29, 1.82) is 0 Å². The molecule has 0 amide bonds. The topological polar surface area (TPSA) is 65.5 Å². The highest BCUT2D eigenvalue weighted by Crippen LogP contribution is 2.12. The maximum absolute atomic E-state index is 11.0. The lowest BCUT2D eigenvalue weighted by Gasteiger charge is -2.14. The van der Waals surface area contributed by atoms with E-state index >= 15 is 0 Å². The van der Waals surface area contributed by atoms with E-state index in [9.17, 15) is 4.79 Å². The number of aromatic carboxylic acids is 1. The van der Waals surface area contributed by atoms with Crippen LogP contribution in [0.3, 0.4) is 0 Å². The molecule has 1 aromatic rings. The molecule has 2 heterocycles. The maximum Gasteiger partial charge on any atom is 0.339 e. The standard InChI is InChI=1S/C14H21N3O2/c18-14(19)12-6-5-8-16-13(12)15-7-1-2-9-17-10-3-4-11-17/h5-6,8H,1-4,7,9-11H2,(H,15,16)(H,18,19). The van der Waals surface area contributed by atoms with E-state index in [4.69, 9.17) is 5.11 Å². The number of pyridine rings is 1. The molecule has 0 aliphatic carbocycles. The maximum atomic E-state index is 11.0. The third-order valence-electron chi connectivity index (χ3n) is 3.43. The third-order valence-corrected chi connectivity index (χ3v) is 3.43. The van der Waals surface area contributed by atoms with Gasteiger partial charge in [0.05, 0.1) is 0 Å². The number of carboxylic acids is 1. The number of anilines is 1. The first-order valence-electron chi connectivity index (χ1n) is 6.92. The summed E-state index contributed by atoms with van der Waals surface area (Å²) >= 11 is 0. The average Bonchev–Trinajstić information content (AvgIpc) is 2.92. The van der Waals surface area contributed by atoms with Gasteiger partial charge in [-0.05, 0) is 57.5 Å². The highest BCUT2D eigenvalue weighted by Gasteiger charge is 2.11. The zero-order chi connectivity index (χ0) is 13.5. The number of unbranched alkanes of at least 4 members (excludes halogenated alkanes) is 1. The fraction of sp³-hybridized carbons (Fsp3) is 0.571. The van der Waals surface area contributed by atoms with Crippen molar-refractivity contribution in [3.63, 3.8) is 0 Å². The fourth-order valence-corrected chi connectivity index (χ4v) is 2.39. The summed E-state index contributed by atoms with van der Waals surface area (Å²) in [6.45, 7) is 4.38. The first-order valence-corrected chi connectivity index (χ1v) is 6.92. The lowest BCUT2D eigenvalue weighted by atomic mass is 10.2. The van der Waals surface area contributed by atoms with Crippen molar-refractivity contribution in [2.24, 2.45) is 0 Å². The van der Waals surface area contributed by atoms with Crippen LogP contribution in [0.15, 0.2) is 18.3 Å². The Balaban J connectivity index is 1.69. The molecule has 0 spiro atoms. The van der Waals surface area contributed by atoms with Gasteiger partial charge >= 0.3 is 5.97 Å². The highest BCUT2D eigenvalue weighted by atomic mass is 16.4. The number of hydrogen-bond acceptors (Lipinski definition) is 4. The second-order valence-electron chi connectivity index (χ2n) is 4.89. The minimum atomic E-state index is -0.937. The van der Waals surface area contributed by atoms with Crippen molar-refractivity contribution < 1.29 is 9.90 Å². The molecule has 1 aliphatic rings. The van der Waals surface area contributed by atoms with Gasteiger partial charge in [0.2, 0.25) is 0 Å². The molecule has 1 aromatic heterocycles. The Labute approximate surface area is 113 Å². The molecule has 5 heteroatoms. The van der Waals surface area contributed by atoms with Crippen LogP contribution in [0.1, 0.15) is 36.0 Å². The number of nitrogens with one attached hydrogen (secondary N) is 1. The molecule has 0 aromatic carbocycles. The van der Waals surface area contributed by atoms with Crippen molar-refractivity contribution in [3.05, 3.63) is 23.9 Å². The molecule has 5 nitrogen and oxygen atoms in total. The molecular weight excluding hydrogens is 242 g/mol. The summed E-state index contributed by atoms with van der Waals surface area (Å²) in [5.41, 5.74) is 0.238. The minimum Gasteiger partial charge on any atom is -0.478 e. The molecule has 0 bridgehead atoms. The van der Waals surface area contributed by atoms with Crippen molar-refractivity contribution in [2.45, 2.75) is 25.7 Å². The zero-order valence-electron chi connectivity index (χ0n) is 11.1. The molecule has 0 atom stereocenters. The largest absolute Gasteiger partial charge is 0.478 e. The highest BCUT2D eigenvalue weighted by molar-refractivity contribution is 5.92. The Kier molecular flexibility index (Phi) is 5.15. The van der Waals surface area contributed by atoms with Crippen LogP contribution in [0.4, 0.5) is 5.82 Å². The van der Waals surface area contributed by atoms with Crippen LogP contribution in [-0.2, 0) is 0 Å². The van der Waals surface area contributed by atoms with Crippen molar-refractivity contribution in [1.82, 2.24) is 9.88 Å². The van der Waals surface area contributed by atoms with Crippen LogP contribution in [0, 0.1) is 0 Å². The number of likely N-dealkylation sites (tertiary alicyclic amines) is 1. The molecule has 104 valence electrons. The van der Waals surface area contributed by atoms with E-state index in [0.717, 1.165) is 25.9 Å². The number of hydrogen-bond donors (Lipinski definition) is 2. The van der Waals surface area contributed by atoms with Crippen molar-refractivity contribution in [2.75, 3.05) is 31.5 Å². The fourth-order valence-electron chi connectivity index (χ4n) is 2.39. The Hall–Kier alpha value is -1.62. The Morgan fingerprint density at radius 1 is 1.37 bits per heavy atom. The predicted molar refractivity (Wildman–Crippen MR) is 74.6 cm³/mol. The second-order valence-corrected chi connectivity index (χ2v) is 4.89. The number of carbonyl (C=O) groups is 1. The predicted octanol–water partition coefficient (Wildman–Crippen LogP) is 2.07. The SMILES string of the molecule is O=C(O)c1cccnc1NCCCCN1CCCC1. The van der Waals surface area contributed by atoms with Gasteiger partial charge in [-0.2, -0.15) is 0 Å². The second kappa shape index (κ2) is 7.09. The molecular formula is C14H21N3O2. The molecule has 2 N–H and O–H groups in total. The number of carboxylic acid groups (broad SMARTS) is 1. The van der Waals surface area contributed by atoms with E-state index in [1.165, 1.54) is 25.9 Å². The van der Waals surface area contributed by atoms with Gasteiger partial charge < -0.3 is 15.3 Å². The average molecular weight is 263 g/mol. The Bertz CT molecular complexity index is 417. The van der Waals surface area contributed by atoms with E-state index in [-0.39, 0.29) is 5.56 Å². The number of nitrogens with zero attached hydrogens (tertiary/aromatic N) is 2. The zero-order valence-corrected chi connectivity index (χ0v) is 11.1. The molecule has 1 saturated heterocycles. The number of aromatic nitrogens is 1. The lowest BCUT2D eigenvalue weighted by Crippen LogP contribution is -2.21. The minimum absolute atomic E-state index is 0.238. The summed E-state index contributed by atoms with van der Waals surface area (Å²) < 4.78 is 0. The molecule has 0 unspecified atom stereocenters. The summed E-state index contributed by atoms with van der Waals surface area (Å²) in [6.07, 6.45) is 6.44. The normalized spacial score (nSPS) is 15.6. The molecule has 1 fully saturated rings. The smallest absolute Gasteiger partial charge is 0.339 e. The van der Waals surface area contributed by atoms with Crippen LogP contribution < -0.4 is 5.32 Å². The van der Waals surface area contributed by atoms with Crippen LogP contribution in [0.5, 0.6) is 0 Å². The Morgan fingerprint density at radius 2 is 2.16 bits per heavy atom. The van der Waals surface area contributed by atoms with Gasteiger partial charge in [0, 0.05) is 12.7 Å². The van der Waals surface area contributed by atoms with Gasteiger partial charge in [-0.1, -0.05) is 0 Å². The van der Waals surface area contributed by atoms with Crippen LogP contribution in [0.25, 0.3) is 0 Å². The lowest BCUT2D eigenvalue weighted by molar-refractivity contribution is 0.0697. The van der Waals surface area contributed by atoms with Crippen molar-refractivity contribution in [3.8, 4) is 0 Å². The molecule has 2 rings (SSSR count). The first kappa shape index (κ1) is 13.8.